The number of nitrogens with zero attached hydrogens (tertiary/aromatic N) is 1. The predicted octanol–water partition coefficient (Wildman–Crippen LogP) is 5.89. The molecule has 0 heterocycles. The molecule has 2 unspecified atom stereocenters. The minimum absolute atomic E-state index is 0.262. The third kappa shape index (κ3) is 7.41. The molecule has 0 aliphatic heterocycles. The fraction of sp³-hybridized carbons (Fsp3) is 0.533. The second-order valence-corrected chi connectivity index (χ2v) is 10.3. The van der Waals surface area contributed by atoms with Crippen molar-refractivity contribution in [2.24, 2.45) is 0 Å². The SMILES string of the molecule is CCOc1cc(C(C)N(CCCCc2ccccc2)C(=O)NC2(C(=O)O)CC(F)(F)C2)cc(OCC)c1C(C)O. The lowest BCUT2D eigenvalue weighted by Crippen LogP contribution is -2.68. The molecule has 2 aromatic carbocycles. The van der Waals surface area contributed by atoms with Crippen LogP contribution in [0.5, 0.6) is 11.5 Å². The number of benzene rings is 2. The summed E-state index contributed by atoms with van der Waals surface area (Å²) in [5.41, 5.74) is 0.258. The summed E-state index contributed by atoms with van der Waals surface area (Å²) in [6, 6.07) is 12.0. The van der Waals surface area contributed by atoms with Gasteiger partial charge < -0.3 is 29.9 Å². The Kier molecular flexibility index (Phi) is 10.4. The predicted molar refractivity (Wildman–Crippen MR) is 147 cm³/mol. The molecule has 10 heteroatoms. The van der Waals surface area contributed by atoms with Gasteiger partial charge >= 0.3 is 12.0 Å². The van der Waals surface area contributed by atoms with E-state index in [1.807, 2.05) is 44.2 Å². The molecule has 1 saturated carbocycles. The largest absolute Gasteiger partial charge is 0.493 e. The molecule has 220 valence electrons. The first-order chi connectivity index (χ1) is 18.9. The number of carbonyl (C=O) groups excluding carboxylic acids is 1. The lowest BCUT2D eigenvalue weighted by atomic mass is 9.73. The van der Waals surface area contributed by atoms with Crippen molar-refractivity contribution in [3.05, 3.63) is 59.2 Å². The van der Waals surface area contributed by atoms with Gasteiger partial charge in [0.1, 0.15) is 11.5 Å². The Balaban J connectivity index is 1.90. The molecule has 0 aromatic heterocycles. The molecular weight excluding hydrogens is 522 g/mol. The third-order valence-electron chi connectivity index (χ3n) is 7.19. The second-order valence-electron chi connectivity index (χ2n) is 10.3. The van der Waals surface area contributed by atoms with Gasteiger partial charge in [0.2, 0.25) is 0 Å². The van der Waals surface area contributed by atoms with E-state index in [2.05, 4.69) is 5.32 Å². The Hall–Kier alpha value is -3.40. The van der Waals surface area contributed by atoms with E-state index in [9.17, 15) is 28.6 Å². The number of carbonyl (C=O) groups is 2. The highest BCUT2D eigenvalue weighted by atomic mass is 19.3. The molecule has 3 rings (SSSR count). The van der Waals surface area contributed by atoms with Gasteiger partial charge in [-0.1, -0.05) is 30.3 Å². The summed E-state index contributed by atoms with van der Waals surface area (Å²) < 4.78 is 39.1. The fourth-order valence-corrected chi connectivity index (χ4v) is 5.13. The number of halogens is 2. The Labute approximate surface area is 234 Å². The van der Waals surface area contributed by atoms with E-state index in [1.54, 1.807) is 26.0 Å². The smallest absolute Gasteiger partial charge is 0.329 e. The molecule has 0 saturated heterocycles. The van der Waals surface area contributed by atoms with E-state index in [-0.39, 0.29) is 6.54 Å². The van der Waals surface area contributed by atoms with Crippen LogP contribution in [-0.2, 0) is 11.2 Å². The monoisotopic (exact) mass is 562 g/mol. The van der Waals surface area contributed by atoms with Gasteiger partial charge in [-0.2, -0.15) is 0 Å². The maximum atomic E-state index is 13.7. The van der Waals surface area contributed by atoms with Crippen LogP contribution in [0.3, 0.4) is 0 Å². The molecule has 2 atom stereocenters. The van der Waals surface area contributed by atoms with Crippen molar-refractivity contribution >= 4 is 12.0 Å². The summed E-state index contributed by atoms with van der Waals surface area (Å²) in [6.45, 7) is 7.95. The van der Waals surface area contributed by atoms with Crippen molar-refractivity contribution in [1.29, 1.82) is 0 Å². The number of alkyl halides is 2. The van der Waals surface area contributed by atoms with Gasteiger partial charge in [-0.15, -0.1) is 0 Å². The lowest BCUT2D eigenvalue weighted by Gasteiger charge is -2.45. The van der Waals surface area contributed by atoms with Crippen LogP contribution in [0.1, 0.15) is 82.2 Å². The Morgan fingerprint density at radius 1 is 1.02 bits per heavy atom. The zero-order valence-corrected chi connectivity index (χ0v) is 23.6. The summed E-state index contributed by atoms with van der Waals surface area (Å²) in [5.74, 6) is -3.80. The highest BCUT2D eigenvalue weighted by molar-refractivity contribution is 5.88. The Bertz CT molecular complexity index is 1120. The van der Waals surface area contributed by atoms with Gasteiger partial charge in [0, 0.05) is 19.4 Å². The molecule has 1 aliphatic rings. The molecule has 0 spiro atoms. The first-order valence-corrected chi connectivity index (χ1v) is 13.8. The van der Waals surface area contributed by atoms with Crippen LogP contribution >= 0.6 is 0 Å². The maximum absolute atomic E-state index is 13.7. The van der Waals surface area contributed by atoms with Crippen molar-refractivity contribution in [1.82, 2.24) is 10.2 Å². The standard InChI is InChI=1S/C30H40F2N2O6/c1-5-39-24-16-23(17-25(40-6-2)26(24)21(4)35)20(3)34(15-11-10-14-22-12-8-7-9-13-22)28(38)33-29(27(36)37)18-30(31,32)19-29/h7-9,12-13,16-17,20-21,35H,5-6,10-11,14-15,18-19H2,1-4H3,(H,33,38)(H,36,37). The number of urea groups is 1. The van der Waals surface area contributed by atoms with E-state index in [0.29, 0.717) is 42.3 Å². The number of hydrogen-bond acceptors (Lipinski definition) is 5. The topological polar surface area (TPSA) is 108 Å². The maximum Gasteiger partial charge on any atom is 0.329 e. The summed E-state index contributed by atoms with van der Waals surface area (Å²) >= 11 is 0. The van der Waals surface area contributed by atoms with E-state index in [1.165, 1.54) is 4.90 Å². The van der Waals surface area contributed by atoms with Crippen molar-refractivity contribution in [2.45, 2.75) is 83.4 Å². The van der Waals surface area contributed by atoms with Gasteiger partial charge in [0.15, 0.2) is 5.54 Å². The first kappa shape index (κ1) is 31.1. The average molecular weight is 563 g/mol. The van der Waals surface area contributed by atoms with Crippen molar-refractivity contribution in [3.8, 4) is 11.5 Å². The molecule has 40 heavy (non-hydrogen) atoms. The molecule has 1 fully saturated rings. The number of nitrogens with one attached hydrogen (secondary N) is 1. The van der Waals surface area contributed by atoms with Crippen molar-refractivity contribution < 1.29 is 38.1 Å². The summed E-state index contributed by atoms with van der Waals surface area (Å²) in [7, 11) is 0. The quantitative estimate of drug-likeness (QED) is 0.248. The van der Waals surface area contributed by atoms with Crippen LogP contribution in [0.2, 0.25) is 0 Å². The van der Waals surface area contributed by atoms with E-state index >= 15 is 0 Å². The molecule has 2 aromatic rings. The number of aryl methyl sites for hydroxylation is 1. The summed E-state index contributed by atoms with van der Waals surface area (Å²) in [6.07, 6.45) is -0.626. The zero-order chi connectivity index (χ0) is 29.5. The van der Waals surface area contributed by atoms with E-state index in [0.717, 1.165) is 18.4 Å². The Morgan fingerprint density at radius 2 is 1.60 bits per heavy atom. The van der Waals surface area contributed by atoms with Crippen LogP contribution in [0, 0.1) is 0 Å². The third-order valence-corrected chi connectivity index (χ3v) is 7.19. The molecule has 1 aliphatic carbocycles. The first-order valence-electron chi connectivity index (χ1n) is 13.8. The Morgan fingerprint density at radius 3 is 2.08 bits per heavy atom. The summed E-state index contributed by atoms with van der Waals surface area (Å²) in [4.78, 5) is 26.9. The zero-order valence-electron chi connectivity index (χ0n) is 23.6. The average Bonchev–Trinajstić information content (AvgIpc) is 2.87. The number of aliphatic carboxylic acids is 1. The number of ether oxygens (including phenoxy) is 2. The molecule has 3 N–H and O–H groups in total. The van der Waals surface area contributed by atoms with E-state index < -0.39 is 48.4 Å². The normalized spacial score (nSPS) is 16.8. The number of rotatable bonds is 14. The fourth-order valence-electron chi connectivity index (χ4n) is 5.13. The number of hydrogen-bond donors (Lipinski definition) is 3. The summed E-state index contributed by atoms with van der Waals surface area (Å²) in [5, 5.41) is 22.5. The highest BCUT2D eigenvalue weighted by Crippen LogP contribution is 2.46. The molecular formula is C30H40F2N2O6. The number of unbranched alkanes of at least 4 members (excludes halogenated alkanes) is 1. The van der Waals surface area contributed by atoms with Gasteiger partial charge in [0.25, 0.3) is 5.92 Å². The van der Waals surface area contributed by atoms with Crippen LogP contribution < -0.4 is 14.8 Å². The van der Waals surface area contributed by atoms with Gasteiger partial charge in [-0.3, -0.25) is 0 Å². The number of carboxylic acids is 1. The number of aliphatic hydroxyl groups excluding tert-OH is 1. The molecule has 2 amide bonds. The molecule has 8 nitrogen and oxygen atoms in total. The van der Waals surface area contributed by atoms with E-state index in [4.69, 9.17) is 9.47 Å². The van der Waals surface area contributed by atoms with Gasteiger partial charge in [0.05, 0.1) is 30.9 Å². The number of aliphatic hydroxyl groups is 1. The van der Waals surface area contributed by atoms with Gasteiger partial charge in [-0.25, -0.2) is 18.4 Å². The minimum Gasteiger partial charge on any atom is -0.493 e. The number of amides is 2. The molecule has 0 bridgehead atoms. The second kappa shape index (κ2) is 13.3. The van der Waals surface area contributed by atoms with Crippen molar-refractivity contribution in [3.63, 3.8) is 0 Å². The van der Waals surface area contributed by atoms with Crippen LogP contribution in [0.15, 0.2) is 42.5 Å². The van der Waals surface area contributed by atoms with Crippen molar-refractivity contribution in [2.75, 3.05) is 19.8 Å². The molecule has 0 radical (unpaired) electrons. The highest BCUT2D eigenvalue weighted by Gasteiger charge is 2.62. The van der Waals surface area contributed by atoms with Crippen LogP contribution in [0.25, 0.3) is 0 Å². The van der Waals surface area contributed by atoms with Gasteiger partial charge in [-0.05, 0) is 70.2 Å². The minimum atomic E-state index is -3.15. The van der Waals surface area contributed by atoms with Crippen LogP contribution in [-0.4, -0.2) is 58.3 Å². The number of carboxylic acid groups (broad SMARTS) is 1. The lowest BCUT2D eigenvalue weighted by molar-refractivity contribution is -0.175. The van der Waals surface area contributed by atoms with Crippen LogP contribution in [0.4, 0.5) is 13.6 Å².